The van der Waals surface area contributed by atoms with Gasteiger partial charge < -0.3 is 9.31 Å². The van der Waals surface area contributed by atoms with Gasteiger partial charge in [-0.3, -0.25) is 0 Å². The third-order valence-corrected chi connectivity index (χ3v) is 4.37. The minimum atomic E-state index is -0.285. The summed E-state index contributed by atoms with van der Waals surface area (Å²) in [5.41, 5.74) is 1.80. The van der Waals surface area contributed by atoms with Gasteiger partial charge in [-0.25, -0.2) is 0 Å². The van der Waals surface area contributed by atoms with E-state index in [0.29, 0.717) is 0 Å². The zero-order chi connectivity index (χ0) is 13.6. The Morgan fingerprint density at radius 1 is 1.06 bits per heavy atom. The van der Waals surface area contributed by atoms with Crippen LogP contribution in [0.2, 0.25) is 0 Å². The molecule has 2 nitrogen and oxygen atoms in total. The number of hydrogen-bond donors (Lipinski definition) is 0. The van der Waals surface area contributed by atoms with E-state index in [1.54, 1.807) is 0 Å². The molecule has 0 unspecified atom stereocenters. The van der Waals surface area contributed by atoms with E-state index in [1.807, 2.05) is 0 Å². The summed E-state index contributed by atoms with van der Waals surface area (Å²) in [6.07, 6.45) is 1.01. The zero-order valence-corrected chi connectivity index (χ0v) is 13.3. The van der Waals surface area contributed by atoms with E-state index >= 15 is 0 Å². The minimum absolute atomic E-state index is 0.280. The van der Waals surface area contributed by atoms with E-state index in [1.165, 1.54) is 5.56 Å². The molecule has 1 saturated heterocycles. The summed E-state index contributed by atoms with van der Waals surface area (Å²) < 4.78 is 13.2. The van der Waals surface area contributed by atoms with Gasteiger partial charge in [0.05, 0.1) is 11.2 Å². The predicted molar refractivity (Wildman–Crippen MR) is 79.2 cm³/mol. The maximum atomic E-state index is 6.06. The molecule has 0 atom stereocenters. The van der Waals surface area contributed by atoms with Crippen molar-refractivity contribution < 1.29 is 9.31 Å². The normalized spacial score (nSPS) is 21.3. The molecule has 2 rings (SSSR count). The van der Waals surface area contributed by atoms with E-state index in [2.05, 4.69) is 68.7 Å². The Kier molecular flexibility index (Phi) is 3.65. The van der Waals surface area contributed by atoms with Crippen molar-refractivity contribution in [3.63, 3.8) is 0 Å². The van der Waals surface area contributed by atoms with Crippen LogP contribution >= 0.6 is 15.9 Å². The summed E-state index contributed by atoms with van der Waals surface area (Å²) in [4.78, 5) is 0. The lowest BCUT2D eigenvalue weighted by molar-refractivity contribution is 0.00578. The van der Waals surface area contributed by atoms with Crippen molar-refractivity contribution in [2.75, 3.05) is 0 Å². The second-order valence-corrected chi connectivity index (χ2v) is 6.75. The summed E-state index contributed by atoms with van der Waals surface area (Å²) in [5.74, 6) is 0. The highest BCUT2D eigenvalue weighted by Gasteiger charge is 2.51. The highest BCUT2D eigenvalue weighted by molar-refractivity contribution is 9.10. The molecule has 0 bridgehead atoms. The first-order valence-electron chi connectivity index (χ1n) is 6.40. The Morgan fingerprint density at radius 3 is 2.11 bits per heavy atom. The van der Waals surface area contributed by atoms with Crippen LogP contribution in [0.25, 0.3) is 0 Å². The predicted octanol–water partition coefficient (Wildman–Crippen LogP) is 3.31. The first-order valence-corrected chi connectivity index (χ1v) is 7.19. The molecule has 0 aromatic heterocycles. The van der Waals surface area contributed by atoms with Crippen LogP contribution in [0.1, 0.15) is 40.2 Å². The monoisotopic (exact) mass is 310 g/mol. The number of rotatable bonds is 2. The fraction of sp³-hybridized carbons (Fsp3) is 0.571. The maximum Gasteiger partial charge on any atom is 0.494 e. The standard InChI is InChI=1S/C14H20BBrO2/c1-6-10-7-11(9-12(16)8-10)15-17-13(2,3)14(4,5)18-15/h7-9H,6H2,1-5H3. The van der Waals surface area contributed by atoms with Crippen molar-refractivity contribution in [1.29, 1.82) is 0 Å². The Labute approximate surface area is 118 Å². The van der Waals surface area contributed by atoms with Gasteiger partial charge in [-0.1, -0.05) is 28.9 Å². The average molecular weight is 311 g/mol. The third-order valence-electron chi connectivity index (χ3n) is 3.91. The van der Waals surface area contributed by atoms with Gasteiger partial charge in [-0.05, 0) is 57.3 Å². The Bertz CT molecular complexity index is 441. The van der Waals surface area contributed by atoms with Crippen molar-refractivity contribution in [3.8, 4) is 0 Å². The largest absolute Gasteiger partial charge is 0.494 e. The highest BCUT2D eigenvalue weighted by atomic mass is 79.9. The summed E-state index contributed by atoms with van der Waals surface area (Å²) in [7, 11) is -0.280. The smallest absolute Gasteiger partial charge is 0.399 e. The molecule has 1 aromatic carbocycles. The molecule has 1 heterocycles. The van der Waals surface area contributed by atoms with Crippen molar-refractivity contribution in [1.82, 2.24) is 0 Å². The fourth-order valence-corrected chi connectivity index (χ4v) is 2.55. The summed E-state index contributed by atoms with van der Waals surface area (Å²) in [6.45, 7) is 10.4. The third kappa shape index (κ3) is 2.51. The summed E-state index contributed by atoms with van der Waals surface area (Å²) in [6, 6.07) is 6.36. The minimum Gasteiger partial charge on any atom is -0.399 e. The summed E-state index contributed by atoms with van der Waals surface area (Å²) in [5, 5.41) is 0. The van der Waals surface area contributed by atoms with Gasteiger partial charge >= 0.3 is 7.12 Å². The van der Waals surface area contributed by atoms with Crippen LogP contribution in [-0.2, 0) is 15.7 Å². The summed E-state index contributed by atoms with van der Waals surface area (Å²) >= 11 is 3.55. The van der Waals surface area contributed by atoms with Crippen LogP contribution in [0.15, 0.2) is 22.7 Å². The molecule has 98 valence electrons. The van der Waals surface area contributed by atoms with E-state index in [0.717, 1.165) is 16.4 Å². The van der Waals surface area contributed by atoms with Gasteiger partial charge in [0.15, 0.2) is 0 Å². The Morgan fingerprint density at radius 2 is 1.61 bits per heavy atom. The molecular formula is C14H20BBrO2. The quantitative estimate of drug-likeness (QED) is 0.780. The lowest BCUT2D eigenvalue weighted by Gasteiger charge is -2.32. The van der Waals surface area contributed by atoms with E-state index in [4.69, 9.17) is 9.31 Å². The maximum absolute atomic E-state index is 6.06. The lowest BCUT2D eigenvalue weighted by atomic mass is 9.78. The molecule has 4 heteroatoms. The molecule has 1 aliphatic rings. The topological polar surface area (TPSA) is 18.5 Å². The molecular weight excluding hydrogens is 291 g/mol. The van der Waals surface area contributed by atoms with Crippen molar-refractivity contribution in [2.45, 2.75) is 52.2 Å². The van der Waals surface area contributed by atoms with Gasteiger partial charge in [0, 0.05) is 4.47 Å². The van der Waals surface area contributed by atoms with Gasteiger partial charge in [0.25, 0.3) is 0 Å². The number of hydrogen-bond acceptors (Lipinski definition) is 2. The molecule has 0 radical (unpaired) electrons. The van der Waals surface area contributed by atoms with E-state index < -0.39 is 0 Å². The fourth-order valence-electron chi connectivity index (χ4n) is 1.99. The van der Waals surface area contributed by atoms with Gasteiger partial charge in [-0.15, -0.1) is 0 Å². The van der Waals surface area contributed by atoms with Crippen LogP contribution in [-0.4, -0.2) is 18.3 Å². The molecule has 1 aromatic rings. The van der Waals surface area contributed by atoms with Crippen LogP contribution in [0, 0.1) is 0 Å². The molecule has 0 N–H and O–H groups in total. The molecule has 0 spiro atoms. The van der Waals surface area contributed by atoms with Crippen molar-refractivity contribution in [2.24, 2.45) is 0 Å². The van der Waals surface area contributed by atoms with Crippen molar-refractivity contribution in [3.05, 3.63) is 28.2 Å². The van der Waals surface area contributed by atoms with Gasteiger partial charge in [-0.2, -0.15) is 0 Å². The molecule has 18 heavy (non-hydrogen) atoms. The first-order chi connectivity index (χ1) is 8.25. The van der Waals surface area contributed by atoms with Crippen LogP contribution in [0.4, 0.5) is 0 Å². The van der Waals surface area contributed by atoms with Crippen molar-refractivity contribution >= 4 is 28.5 Å². The second-order valence-electron chi connectivity index (χ2n) is 5.83. The SMILES string of the molecule is CCc1cc(Br)cc(B2OC(C)(C)C(C)(C)O2)c1. The Hall–Kier alpha value is -0.315. The Balaban J connectivity index is 2.32. The molecule has 1 aliphatic heterocycles. The molecule has 0 aliphatic carbocycles. The van der Waals surface area contributed by atoms with Crippen LogP contribution < -0.4 is 5.46 Å². The molecule has 0 saturated carbocycles. The van der Waals surface area contributed by atoms with Gasteiger partial charge in [0.1, 0.15) is 0 Å². The molecule has 0 amide bonds. The number of benzene rings is 1. The molecule has 1 fully saturated rings. The van der Waals surface area contributed by atoms with Crippen LogP contribution in [0.5, 0.6) is 0 Å². The number of aryl methyl sites for hydroxylation is 1. The average Bonchev–Trinajstić information content (AvgIpc) is 2.47. The first kappa shape index (κ1) is 14.1. The van der Waals surface area contributed by atoms with Crippen LogP contribution in [0.3, 0.4) is 0 Å². The second kappa shape index (κ2) is 4.66. The zero-order valence-electron chi connectivity index (χ0n) is 11.7. The van der Waals surface area contributed by atoms with E-state index in [-0.39, 0.29) is 18.3 Å². The number of halogens is 1. The lowest BCUT2D eigenvalue weighted by Crippen LogP contribution is -2.41. The highest BCUT2D eigenvalue weighted by Crippen LogP contribution is 2.36. The van der Waals surface area contributed by atoms with Gasteiger partial charge in [0.2, 0.25) is 0 Å². The van der Waals surface area contributed by atoms with E-state index in [9.17, 15) is 0 Å².